The normalized spacial score (nSPS) is 12.5. The van der Waals surface area contributed by atoms with Crippen molar-refractivity contribution >= 4 is 11.9 Å². The molecule has 0 aliphatic heterocycles. The topological polar surface area (TPSA) is 84.9 Å². The van der Waals surface area contributed by atoms with Crippen LogP contribution in [0.4, 0.5) is 4.39 Å². The molecule has 0 aliphatic rings. The Hall–Kier alpha value is -2.15. The Kier molecular flexibility index (Phi) is 7.16. The number of methoxy groups -OCH3 is 1. The highest BCUT2D eigenvalue weighted by Crippen LogP contribution is 2.19. The van der Waals surface area contributed by atoms with Gasteiger partial charge in [0.05, 0.1) is 19.1 Å². The lowest BCUT2D eigenvalue weighted by atomic mass is 10.1. The lowest BCUT2D eigenvalue weighted by Gasteiger charge is -2.21. The minimum Gasteiger partial charge on any atom is -0.496 e. The molecule has 134 valence electrons. The van der Waals surface area contributed by atoms with Gasteiger partial charge in [0.2, 0.25) is 5.91 Å². The number of hydrogen-bond donors (Lipinski definition) is 2. The first-order chi connectivity index (χ1) is 11.1. The van der Waals surface area contributed by atoms with Gasteiger partial charge < -0.3 is 19.9 Å². The van der Waals surface area contributed by atoms with Crippen LogP contribution >= 0.6 is 0 Å². The van der Waals surface area contributed by atoms with Crippen LogP contribution in [0.3, 0.4) is 0 Å². The van der Waals surface area contributed by atoms with Gasteiger partial charge in [-0.15, -0.1) is 0 Å². The Bertz CT molecular complexity index is 583. The number of nitrogens with one attached hydrogen (secondary N) is 1. The fraction of sp³-hybridized carbons (Fsp3) is 0.529. The summed E-state index contributed by atoms with van der Waals surface area (Å²) in [6, 6.07) is 2.77. The molecule has 1 rings (SSSR count). The average Bonchev–Trinajstić information content (AvgIpc) is 2.45. The largest absolute Gasteiger partial charge is 0.496 e. The third kappa shape index (κ3) is 6.95. The standard InChI is InChI=1S/C17H24FNO5/c1-17(2,3)24-8-7-13(16(21)22)19-15(20)10-11-9-12(18)5-6-14(11)23-4/h5-6,9,13H,7-8,10H2,1-4H3,(H,19,20)(H,21,22). The first-order valence-electron chi connectivity index (χ1n) is 7.61. The van der Waals surface area contributed by atoms with Crippen LogP contribution in [0.25, 0.3) is 0 Å². The summed E-state index contributed by atoms with van der Waals surface area (Å²) >= 11 is 0. The van der Waals surface area contributed by atoms with Crippen LogP contribution < -0.4 is 10.1 Å². The lowest BCUT2D eigenvalue weighted by molar-refractivity contribution is -0.142. The van der Waals surface area contributed by atoms with E-state index in [2.05, 4.69) is 5.32 Å². The number of benzene rings is 1. The van der Waals surface area contributed by atoms with Crippen molar-refractivity contribution in [3.8, 4) is 5.75 Å². The Balaban J connectivity index is 2.66. The smallest absolute Gasteiger partial charge is 0.326 e. The van der Waals surface area contributed by atoms with Crippen molar-refractivity contribution in [3.05, 3.63) is 29.6 Å². The molecule has 0 saturated carbocycles. The molecule has 1 unspecified atom stereocenters. The van der Waals surface area contributed by atoms with Gasteiger partial charge in [0.15, 0.2) is 0 Å². The average molecular weight is 341 g/mol. The second kappa shape index (κ2) is 8.63. The van der Waals surface area contributed by atoms with Crippen molar-refractivity contribution in [1.29, 1.82) is 0 Å². The molecule has 0 heterocycles. The lowest BCUT2D eigenvalue weighted by Crippen LogP contribution is -2.42. The monoisotopic (exact) mass is 341 g/mol. The van der Waals surface area contributed by atoms with Crippen LogP contribution in [0.1, 0.15) is 32.8 Å². The third-order valence-corrected chi connectivity index (χ3v) is 3.17. The molecule has 0 saturated heterocycles. The SMILES string of the molecule is COc1ccc(F)cc1CC(=O)NC(CCOC(C)(C)C)C(=O)O. The summed E-state index contributed by atoms with van der Waals surface area (Å²) in [6.45, 7) is 5.77. The summed E-state index contributed by atoms with van der Waals surface area (Å²) in [6.07, 6.45) is -0.0382. The summed E-state index contributed by atoms with van der Waals surface area (Å²) in [5, 5.41) is 11.6. The van der Waals surface area contributed by atoms with Crippen LogP contribution in [0.5, 0.6) is 5.75 Å². The quantitative estimate of drug-likeness (QED) is 0.757. The van der Waals surface area contributed by atoms with E-state index in [1.807, 2.05) is 20.8 Å². The van der Waals surface area contributed by atoms with Crippen molar-refractivity contribution in [1.82, 2.24) is 5.32 Å². The summed E-state index contributed by atoms with van der Waals surface area (Å²) in [7, 11) is 1.42. The minimum atomic E-state index is -1.15. The Labute approximate surface area is 141 Å². The molecule has 0 aromatic heterocycles. The predicted octanol–water partition coefficient (Wildman–Crippen LogP) is 2.15. The van der Waals surface area contributed by atoms with E-state index in [0.29, 0.717) is 11.3 Å². The number of hydrogen-bond acceptors (Lipinski definition) is 4. The van der Waals surface area contributed by atoms with Crippen molar-refractivity contribution in [2.24, 2.45) is 0 Å². The van der Waals surface area contributed by atoms with Crippen LogP contribution in [0.2, 0.25) is 0 Å². The van der Waals surface area contributed by atoms with Gasteiger partial charge >= 0.3 is 5.97 Å². The van der Waals surface area contributed by atoms with E-state index in [4.69, 9.17) is 9.47 Å². The molecule has 1 aromatic rings. The Morgan fingerprint density at radius 3 is 2.54 bits per heavy atom. The minimum absolute atomic E-state index is 0.138. The number of rotatable bonds is 8. The number of ether oxygens (including phenoxy) is 2. The first kappa shape index (κ1) is 19.9. The third-order valence-electron chi connectivity index (χ3n) is 3.17. The molecule has 7 heteroatoms. The second-order valence-electron chi connectivity index (χ2n) is 6.34. The van der Waals surface area contributed by atoms with Gasteiger partial charge in [-0.3, -0.25) is 4.79 Å². The van der Waals surface area contributed by atoms with Crippen molar-refractivity contribution in [3.63, 3.8) is 0 Å². The first-order valence-corrected chi connectivity index (χ1v) is 7.61. The highest BCUT2D eigenvalue weighted by Gasteiger charge is 2.22. The molecule has 0 bridgehead atoms. The van der Waals surface area contributed by atoms with Crippen molar-refractivity contribution < 1.29 is 28.6 Å². The highest BCUT2D eigenvalue weighted by atomic mass is 19.1. The van der Waals surface area contributed by atoms with Gasteiger partial charge in [0.25, 0.3) is 0 Å². The van der Waals surface area contributed by atoms with Gasteiger partial charge in [-0.1, -0.05) is 0 Å². The number of carboxylic acids is 1. The van der Waals surface area contributed by atoms with E-state index >= 15 is 0 Å². The van der Waals surface area contributed by atoms with Crippen LogP contribution in [-0.2, 0) is 20.7 Å². The molecule has 0 radical (unpaired) electrons. The highest BCUT2D eigenvalue weighted by molar-refractivity contribution is 5.85. The molecule has 1 atom stereocenters. The van der Waals surface area contributed by atoms with E-state index in [1.165, 1.54) is 25.3 Å². The molecule has 1 amide bonds. The molecule has 0 spiro atoms. The van der Waals surface area contributed by atoms with Crippen molar-refractivity contribution in [2.75, 3.05) is 13.7 Å². The summed E-state index contributed by atoms with van der Waals surface area (Å²) in [4.78, 5) is 23.3. The van der Waals surface area contributed by atoms with E-state index in [-0.39, 0.29) is 25.0 Å². The van der Waals surface area contributed by atoms with Crippen molar-refractivity contribution in [2.45, 2.75) is 45.3 Å². The zero-order valence-corrected chi connectivity index (χ0v) is 14.4. The predicted molar refractivity (Wildman–Crippen MR) is 86.5 cm³/mol. The van der Waals surface area contributed by atoms with Crippen LogP contribution in [0.15, 0.2) is 18.2 Å². The molecule has 0 aliphatic carbocycles. The molecule has 2 N–H and O–H groups in total. The van der Waals surface area contributed by atoms with Crippen LogP contribution in [0, 0.1) is 5.82 Å². The number of halogens is 1. The molecule has 6 nitrogen and oxygen atoms in total. The Morgan fingerprint density at radius 1 is 1.33 bits per heavy atom. The Morgan fingerprint density at radius 2 is 2.00 bits per heavy atom. The van der Waals surface area contributed by atoms with Gasteiger partial charge in [-0.05, 0) is 39.0 Å². The van der Waals surface area contributed by atoms with E-state index in [0.717, 1.165) is 0 Å². The van der Waals surface area contributed by atoms with Gasteiger partial charge in [0, 0.05) is 18.6 Å². The molecule has 24 heavy (non-hydrogen) atoms. The zero-order chi connectivity index (χ0) is 18.3. The fourth-order valence-electron chi connectivity index (χ4n) is 2.04. The van der Waals surface area contributed by atoms with E-state index in [9.17, 15) is 19.1 Å². The van der Waals surface area contributed by atoms with Gasteiger partial charge in [-0.25, -0.2) is 9.18 Å². The molecular formula is C17H24FNO5. The molecular weight excluding hydrogens is 317 g/mol. The maximum Gasteiger partial charge on any atom is 0.326 e. The zero-order valence-electron chi connectivity index (χ0n) is 14.4. The summed E-state index contributed by atoms with van der Waals surface area (Å²) in [5.74, 6) is -1.80. The fourth-order valence-corrected chi connectivity index (χ4v) is 2.04. The van der Waals surface area contributed by atoms with Crippen LogP contribution in [-0.4, -0.2) is 42.3 Å². The van der Waals surface area contributed by atoms with Gasteiger partial charge in [0.1, 0.15) is 17.6 Å². The second-order valence-corrected chi connectivity index (χ2v) is 6.34. The molecule has 0 fully saturated rings. The summed E-state index contributed by atoms with van der Waals surface area (Å²) < 4.78 is 23.9. The van der Waals surface area contributed by atoms with E-state index < -0.39 is 23.7 Å². The number of carbonyl (C=O) groups is 2. The molecule has 1 aromatic carbocycles. The maximum atomic E-state index is 13.3. The van der Waals surface area contributed by atoms with Gasteiger partial charge in [-0.2, -0.15) is 0 Å². The number of amides is 1. The van der Waals surface area contributed by atoms with E-state index in [1.54, 1.807) is 0 Å². The number of carboxylic acid groups (broad SMARTS) is 1. The summed E-state index contributed by atoms with van der Waals surface area (Å²) in [5.41, 5.74) is -0.0350. The maximum absolute atomic E-state index is 13.3. The number of carbonyl (C=O) groups excluding carboxylic acids is 1. The number of aliphatic carboxylic acids is 1.